The molecule has 0 radical (unpaired) electrons. The Kier molecular flexibility index (Phi) is 6.35. The molecule has 36 heavy (non-hydrogen) atoms. The van der Waals surface area contributed by atoms with Crippen LogP contribution in [0, 0.1) is 6.92 Å². The molecule has 4 aromatic rings. The number of ether oxygens (including phenoxy) is 1. The molecule has 0 bridgehead atoms. The number of primary sulfonamides is 1. The number of hydrogen-bond donors (Lipinski definition) is 4. The van der Waals surface area contributed by atoms with E-state index in [9.17, 15) is 13.2 Å². The first-order chi connectivity index (χ1) is 17.3. The van der Waals surface area contributed by atoms with E-state index >= 15 is 0 Å². The fourth-order valence-corrected chi connectivity index (χ4v) is 5.02. The van der Waals surface area contributed by atoms with Gasteiger partial charge in [0.1, 0.15) is 11.6 Å². The lowest BCUT2D eigenvalue weighted by molar-refractivity contribution is 0.122. The molecular weight excluding hydrogens is 480 g/mol. The molecule has 1 aliphatic heterocycles. The first kappa shape index (κ1) is 23.8. The molecule has 0 saturated carbocycles. The second-order valence-corrected chi connectivity index (χ2v) is 10.1. The number of rotatable bonds is 6. The second-order valence-electron chi connectivity index (χ2n) is 8.55. The Hall–Kier alpha value is -3.93. The highest BCUT2D eigenvalue weighted by molar-refractivity contribution is 7.89. The van der Waals surface area contributed by atoms with Gasteiger partial charge in [-0.25, -0.2) is 18.5 Å². The summed E-state index contributed by atoms with van der Waals surface area (Å²) in [5.74, 6) is 0.805. The maximum absolute atomic E-state index is 12.7. The van der Waals surface area contributed by atoms with Crippen LogP contribution >= 0.6 is 0 Å². The molecule has 0 atom stereocenters. The van der Waals surface area contributed by atoms with Crippen molar-refractivity contribution in [3.05, 3.63) is 76.7 Å². The molecule has 2 aromatic carbocycles. The number of H-pyrrole nitrogens is 1. The second kappa shape index (κ2) is 9.61. The Labute approximate surface area is 208 Å². The lowest BCUT2D eigenvalue weighted by atomic mass is 10.2. The maximum Gasteiger partial charge on any atom is 0.259 e. The Morgan fingerprint density at radius 2 is 1.72 bits per heavy atom. The number of nitrogens with two attached hydrogens (primary N) is 1. The van der Waals surface area contributed by atoms with Crippen LogP contribution in [-0.4, -0.2) is 44.7 Å². The van der Waals surface area contributed by atoms with Gasteiger partial charge in [0.05, 0.1) is 23.5 Å². The Balaban J connectivity index is 1.48. The van der Waals surface area contributed by atoms with E-state index in [0.717, 1.165) is 24.5 Å². The van der Waals surface area contributed by atoms with Crippen LogP contribution in [0.2, 0.25) is 0 Å². The van der Waals surface area contributed by atoms with Gasteiger partial charge >= 0.3 is 0 Å². The van der Waals surface area contributed by atoms with Gasteiger partial charge < -0.3 is 25.3 Å². The number of hydrogen-bond acceptors (Lipinski definition) is 8. The predicted octanol–water partition coefficient (Wildman–Crippen LogP) is 3.20. The zero-order valence-electron chi connectivity index (χ0n) is 19.6. The number of aromatic amines is 1. The number of nitrogens with zero attached hydrogens (tertiary/aromatic N) is 2. The Morgan fingerprint density at radius 3 is 2.44 bits per heavy atom. The van der Waals surface area contributed by atoms with E-state index in [1.165, 1.54) is 6.07 Å². The summed E-state index contributed by atoms with van der Waals surface area (Å²) < 4.78 is 29.3. The lowest BCUT2D eigenvalue weighted by Crippen LogP contribution is -2.36. The molecule has 1 aliphatic rings. The highest BCUT2D eigenvalue weighted by atomic mass is 32.2. The number of nitrogens with one attached hydrogen (secondary N) is 3. The van der Waals surface area contributed by atoms with Crippen molar-refractivity contribution in [3.63, 3.8) is 0 Å². The number of sulfonamides is 1. The van der Waals surface area contributed by atoms with Gasteiger partial charge in [-0.05, 0) is 66.4 Å². The molecule has 10 nitrogen and oxygen atoms in total. The first-order valence-electron chi connectivity index (χ1n) is 11.4. The monoisotopic (exact) mass is 506 g/mol. The molecule has 3 heterocycles. The number of fused-ring (bicyclic) bond motifs is 1. The van der Waals surface area contributed by atoms with Gasteiger partial charge in [-0.2, -0.15) is 0 Å². The molecule has 11 heteroatoms. The van der Waals surface area contributed by atoms with E-state index < -0.39 is 10.0 Å². The number of anilines is 5. The minimum atomic E-state index is -3.88. The maximum atomic E-state index is 12.7. The molecule has 0 unspecified atom stereocenters. The average molecular weight is 507 g/mol. The summed E-state index contributed by atoms with van der Waals surface area (Å²) in [5, 5.41) is 12.8. The summed E-state index contributed by atoms with van der Waals surface area (Å²) in [5.41, 5.74) is 2.64. The molecule has 5 N–H and O–H groups in total. The molecule has 1 saturated heterocycles. The minimum absolute atomic E-state index is 0.0310. The normalized spacial score (nSPS) is 14.1. The van der Waals surface area contributed by atoms with Gasteiger partial charge in [0.2, 0.25) is 10.0 Å². The number of aromatic nitrogens is 2. The molecule has 2 aromatic heterocycles. The van der Waals surface area contributed by atoms with Gasteiger partial charge in [0.15, 0.2) is 0 Å². The average Bonchev–Trinajstić information content (AvgIpc) is 2.85. The van der Waals surface area contributed by atoms with E-state index in [1.54, 1.807) is 37.4 Å². The van der Waals surface area contributed by atoms with E-state index in [0.29, 0.717) is 46.9 Å². The molecule has 186 valence electrons. The van der Waals surface area contributed by atoms with Crippen molar-refractivity contribution in [2.45, 2.75) is 11.8 Å². The summed E-state index contributed by atoms with van der Waals surface area (Å²) in [6, 6.07) is 16.3. The van der Waals surface area contributed by atoms with Crippen LogP contribution in [0.1, 0.15) is 5.56 Å². The van der Waals surface area contributed by atoms with Crippen molar-refractivity contribution in [2.75, 3.05) is 41.8 Å². The largest absolute Gasteiger partial charge is 0.378 e. The summed E-state index contributed by atoms with van der Waals surface area (Å²) >= 11 is 0. The van der Waals surface area contributed by atoms with Gasteiger partial charge in [-0.1, -0.05) is 6.07 Å². The van der Waals surface area contributed by atoms with E-state index in [4.69, 9.17) is 9.88 Å². The van der Waals surface area contributed by atoms with Gasteiger partial charge in [0.25, 0.3) is 5.56 Å². The third kappa shape index (κ3) is 5.03. The number of pyridine rings is 2. The molecule has 1 fully saturated rings. The standard InChI is InChI=1S/C25H26N6O4S/c1-16-2-3-19(15-21(16)36(26,33)34)28-22-14-17-8-9-27-25(32)23(17)24(30-22)29-18-4-6-20(7-5-18)31-10-12-35-13-11-31/h2-9,14-15H,10-13H2,1H3,(H,27,32)(H2,26,33,34)(H2,28,29,30). The zero-order valence-corrected chi connectivity index (χ0v) is 20.4. The van der Waals surface area contributed by atoms with Crippen molar-refractivity contribution in [1.82, 2.24) is 9.97 Å². The fraction of sp³-hybridized carbons (Fsp3) is 0.200. The summed E-state index contributed by atoms with van der Waals surface area (Å²) in [6.45, 7) is 4.77. The Bertz CT molecular complexity index is 1580. The van der Waals surface area contributed by atoms with Crippen molar-refractivity contribution in [2.24, 2.45) is 5.14 Å². The van der Waals surface area contributed by atoms with Crippen LogP contribution in [0.4, 0.5) is 28.7 Å². The quantitative estimate of drug-likeness (QED) is 0.312. The Morgan fingerprint density at radius 1 is 1.00 bits per heavy atom. The molecule has 0 aliphatic carbocycles. The highest BCUT2D eigenvalue weighted by Crippen LogP contribution is 2.29. The number of morpholine rings is 1. The van der Waals surface area contributed by atoms with Crippen molar-refractivity contribution < 1.29 is 13.2 Å². The smallest absolute Gasteiger partial charge is 0.259 e. The van der Waals surface area contributed by atoms with Crippen molar-refractivity contribution in [1.29, 1.82) is 0 Å². The molecule has 0 amide bonds. The zero-order chi connectivity index (χ0) is 25.3. The van der Waals surface area contributed by atoms with Gasteiger partial charge in [-0.3, -0.25) is 4.79 Å². The number of aryl methyl sites for hydroxylation is 1. The SMILES string of the molecule is Cc1ccc(Nc2cc3cc[nH]c(=O)c3c(Nc3ccc(N4CCOCC4)cc3)n2)cc1S(N)(=O)=O. The minimum Gasteiger partial charge on any atom is -0.378 e. The third-order valence-electron chi connectivity index (χ3n) is 6.03. The van der Waals surface area contributed by atoms with Gasteiger partial charge in [0, 0.05) is 36.3 Å². The lowest BCUT2D eigenvalue weighted by Gasteiger charge is -2.28. The third-order valence-corrected chi connectivity index (χ3v) is 7.08. The number of benzene rings is 2. The fourth-order valence-electron chi connectivity index (χ4n) is 4.21. The van der Waals surface area contributed by atoms with Crippen LogP contribution in [0.3, 0.4) is 0 Å². The van der Waals surface area contributed by atoms with Crippen molar-refractivity contribution in [3.8, 4) is 0 Å². The summed E-state index contributed by atoms with van der Waals surface area (Å²) in [7, 11) is -3.88. The van der Waals surface area contributed by atoms with E-state index in [-0.39, 0.29) is 10.5 Å². The molecular formula is C25H26N6O4S. The van der Waals surface area contributed by atoms with Crippen LogP contribution < -0.4 is 26.2 Å². The summed E-state index contributed by atoms with van der Waals surface area (Å²) in [4.78, 5) is 22.3. The van der Waals surface area contributed by atoms with Crippen molar-refractivity contribution >= 4 is 49.5 Å². The van der Waals surface area contributed by atoms with Crippen LogP contribution in [0.15, 0.2) is 70.5 Å². The highest BCUT2D eigenvalue weighted by Gasteiger charge is 2.15. The predicted molar refractivity (Wildman–Crippen MR) is 141 cm³/mol. The summed E-state index contributed by atoms with van der Waals surface area (Å²) in [6.07, 6.45) is 1.57. The van der Waals surface area contributed by atoms with Crippen LogP contribution in [-0.2, 0) is 14.8 Å². The topological polar surface area (TPSA) is 142 Å². The van der Waals surface area contributed by atoms with E-state index in [2.05, 4.69) is 25.5 Å². The van der Waals surface area contributed by atoms with Crippen LogP contribution in [0.5, 0.6) is 0 Å². The van der Waals surface area contributed by atoms with E-state index in [1.807, 2.05) is 24.3 Å². The molecule has 5 rings (SSSR count). The van der Waals surface area contributed by atoms with Gasteiger partial charge in [-0.15, -0.1) is 0 Å². The molecule has 0 spiro atoms. The van der Waals surface area contributed by atoms with Crippen LogP contribution in [0.25, 0.3) is 10.8 Å². The first-order valence-corrected chi connectivity index (χ1v) is 13.0.